The molecule has 2 aromatic rings. The van der Waals surface area contributed by atoms with Gasteiger partial charge in [-0.3, -0.25) is 0 Å². The second-order valence-corrected chi connectivity index (χ2v) is 8.75. The Hall–Kier alpha value is -1.36. The zero-order chi connectivity index (χ0) is 19.4. The summed E-state index contributed by atoms with van der Waals surface area (Å²) in [4.78, 5) is 1.32. The lowest BCUT2D eigenvalue weighted by Gasteiger charge is -2.22. The van der Waals surface area contributed by atoms with E-state index in [9.17, 15) is 0 Å². The van der Waals surface area contributed by atoms with Crippen LogP contribution in [-0.4, -0.2) is 33.1 Å². The van der Waals surface area contributed by atoms with Gasteiger partial charge in [0, 0.05) is 23.1 Å². The molecule has 3 rings (SSSR count). The highest BCUT2D eigenvalue weighted by Gasteiger charge is 2.26. The summed E-state index contributed by atoms with van der Waals surface area (Å²) in [6.45, 7) is 6.29. The Morgan fingerprint density at radius 2 is 1.93 bits per heavy atom. The van der Waals surface area contributed by atoms with E-state index in [1.807, 2.05) is 11.8 Å². The normalized spacial score (nSPS) is 16.7. The molecule has 1 N–H and O–H groups in total. The zero-order valence-electron chi connectivity index (χ0n) is 16.5. The SMILES string of the molecule is COc1cc2c(c(Cl)c1OC)CCNCC2c1ccc(SCC(C)C)cc1. The van der Waals surface area contributed by atoms with Crippen LogP contribution in [0.5, 0.6) is 11.5 Å². The number of methoxy groups -OCH3 is 2. The van der Waals surface area contributed by atoms with Gasteiger partial charge in [0.2, 0.25) is 0 Å². The van der Waals surface area contributed by atoms with E-state index in [0.29, 0.717) is 22.4 Å². The van der Waals surface area contributed by atoms with E-state index in [0.717, 1.165) is 30.8 Å². The van der Waals surface area contributed by atoms with Gasteiger partial charge in [0.15, 0.2) is 11.5 Å². The predicted molar refractivity (Wildman–Crippen MR) is 115 cm³/mol. The van der Waals surface area contributed by atoms with Crippen molar-refractivity contribution in [2.24, 2.45) is 5.92 Å². The molecule has 0 saturated heterocycles. The van der Waals surface area contributed by atoms with E-state index in [2.05, 4.69) is 49.5 Å². The molecule has 0 amide bonds. The molecule has 0 saturated carbocycles. The number of thioether (sulfide) groups is 1. The fourth-order valence-electron chi connectivity index (χ4n) is 3.50. The molecule has 1 atom stereocenters. The van der Waals surface area contributed by atoms with Gasteiger partial charge in [0.05, 0.1) is 19.2 Å². The molecule has 1 heterocycles. The molecule has 0 fully saturated rings. The lowest BCUT2D eigenvalue weighted by atomic mass is 9.87. The molecule has 0 spiro atoms. The molecule has 1 unspecified atom stereocenters. The maximum Gasteiger partial charge on any atom is 0.179 e. The average molecular weight is 406 g/mol. The second kappa shape index (κ2) is 9.22. The van der Waals surface area contributed by atoms with Gasteiger partial charge >= 0.3 is 0 Å². The molecule has 1 aliphatic heterocycles. The van der Waals surface area contributed by atoms with Crippen LogP contribution in [-0.2, 0) is 6.42 Å². The Morgan fingerprint density at radius 3 is 2.56 bits per heavy atom. The van der Waals surface area contributed by atoms with Crippen molar-refractivity contribution in [3.05, 3.63) is 52.0 Å². The first kappa shape index (κ1) is 20.4. The summed E-state index contributed by atoms with van der Waals surface area (Å²) < 4.78 is 11.0. The standard InChI is InChI=1S/C22H28ClNO2S/c1-14(2)13-27-16-7-5-15(6-8-16)19-12-24-10-9-17-18(19)11-20(25-3)22(26-4)21(17)23/h5-8,11,14,19,24H,9-10,12-13H2,1-4H3. The predicted octanol–water partition coefficient (Wildman–Crippen LogP) is 5.38. The Balaban J connectivity index is 1.97. The third kappa shape index (κ3) is 4.56. The molecule has 2 aromatic carbocycles. The van der Waals surface area contributed by atoms with Crippen molar-refractivity contribution >= 4 is 23.4 Å². The first-order chi connectivity index (χ1) is 13.0. The van der Waals surface area contributed by atoms with Crippen molar-refractivity contribution in [1.82, 2.24) is 5.32 Å². The minimum absolute atomic E-state index is 0.240. The Morgan fingerprint density at radius 1 is 1.19 bits per heavy atom. The highest BCUT2D eigenvalue weighted by atomic mass is 35.5. The van der Waals surface area contributed by atoms with Gasteiger partial charge in [-0.25, -0.2) is 0 Å². The highest BCUT2D eigenvalue weighted by Crippen LogP contribution is 2.44. The molecule has 27 heavy (non-hydrogen) atoms. The molecule has 0 radical (unpaired) electrons. The zero-order valence-corrected chi connectivity index (χ0v) is 18.0. The lowest BCUT2D eigenvalue weighted by molar-refractivity contribution is 0.354. The number of benzene rings is 2. The Bertz CT molecular complexity index is 777. The first-order valence-corrected chi connectivity index (χ1v) is 10.8. The Kier molecular flexibility index (Phi) is 6.96. The third-order valence-electron chi connectivity index (χ3n) is 4.89. The Labute approximate surface area is 171 Å². The first-order valence-electron chi connectivity index (χ1n) is 9.41. The molecule has 1 aliphatic rings. The molecule has 0 aliphatic carbocycles. The van der Waals surface area contributed by atoms with Gasteiger partial charge in [-0.05, 0) is 53.8 Å². The minimum Gasteiger partial charge on any atom is -0.493 e. The van der Waals surface area contributed by atoms with E-state index in [1.165, 1.54) is 16.0 Å². The van der Waals surface area contributed by atoms with E-state index in [4.69, 9.17) is 21.1 Å². The minimum atomic E-state index is 0.240. The summed E-state index contributed by atoms with van der Waals surface area (Å²) >= 11 is 8.61. The molecular weight excluding hydrogens is 378 g/mol. The number of fused-ring (bicyclic) bond motifs is 1. The van der Waals surface area contributed by atoms with E-state index in [-0.39, 0.29) is 5.92 Å². The summed E-state index contributed by atoms with van der Waals surface area (Å²) in [5, 5.41) is 4.23. The van der Waals surface area contributed by atoms with Crippen molar-refractivity contribution in [2.45, 2.75) is 31.1 Å². The van der Waals surface area contributed by atoms with E-state index < -0.39 is 0 Å². The summed E-state index contributed by atoms with van der Waals surface area (Å²) in [6, 6.07) is 11.0. The smallest absolute Gasteiger partial charge is 0.179 e. The van der Waals surface area contributed by atoms with Crippen LogP contribution in [0.25, 0.3) is 0 Å². The number of ether oxygens (including phenoxy) is 2. The van der Waals surface area contributed by atoms with Crippen LogP contribution in [0.1, 0.15) is 36.5 Å². The number of hydrogen-bond acceptors (Lipinski definition) is 4. The van der Waals surface area contributed by atoms with Crippen molar-refractivity contribution in [2.75, 3.05) is 33.1 Å². The van der Waals surface area contributed by atoms with Gasteiger partial charge in [-0.2, -0.15) is 0 Å². The monoisotopic (exact) mass is 405 g/mol. The molecule has 5 heteroatoms. The summed E-state index contributed by atoms with van der Waals surface area (Å²) in [5.74, 6) is 3.39. The average Bonchev–Trinajstić information content (AvgIpc) is 2.89. The largest absolute Gasteiger partial charge is 0.493 e. The number of nitrogens with one attached hydrogen (secondary N) is 1. The van der Waals surface area contributed by atoms with Crippen LogP contribution in [0.4, 0.5) is 0 Å². The third-order valence-corrected chi connectivity index (χ3v) is 6.73. The van der Waals surface area contributed by atoms with Crippen LogP contribution >= 0.6 is 23.4 Å². The lowest BCUT2D eigenvalue weighted by Crippen LogP contribution is -2.20. The highest BCUT2D eigenvalue weighted by molar-refractivity contribution is 7.99. The number of hydrogen-bond donors (Lipinski definition) is 1. The molecule has 146 valence electrons. The fraction of sp³-hybridized carbons (Fsp3) is 0.455. The van der Waals surface area contributed by atoms with Crippen molar-refractivity contribution in [3.8, 4) is 11.5 Å². The maximum atomic E-state index is 6.70. The summed E-state index contributed by atoms with van der Waals surface area (Å²) in [7, 11) is 3.29. The quantitative estimate of drug-likeness (QED) is 0.653. The summed E-state index contributed by atoms with van der Waals surface area (Å²) in [5.41, 5.74) is 3.68. The van der Waals surface area contributed by atoms with Gasteiger partial charge in [-0.15, -0.1) is 11.8 Å². The molecular formula is C22H28ClNO2S. The van der Waals surface area contributed by atoms with Crippen LogP contribution in [0, 0.1) is 5.92 Å². The fourth-order valence-corrected chi connectivity index (χ4v) is 4.73. The van der Waals surface area contributed by atoms with E-state index >= 15 is 0 Å². The topological polar surface area (TPSA) is 30.5 Å². The van der Waals surface area contributed by atoms with E-state index in [1.54, 1.807) is 14.2 Å². The second-order valence-electron chi connectivity index (χ2n) is 7.27. The van der Waals surface area contributed by atoms with Crippen molar-refractivity contribution in [1.29, 1.82) is 0 Å². The summed E-state index contributed by atoms with van der Waals surface area (Å²) in [6.07, 6.45) is 0.882. The number of halogens is 1. The molecule has 0 bridgehead atoms. The van der Waals surface area contributed by atoms with Crippen molar-refractivity contribution in [3.63, 3.8) is 0 Å². The van der Waals surface area contributed by atoms with Crippen LogP contribution in [0.2, 0.25) is 5.02 Å². The van der Waals surface area contributed by atoms with Crippen molar-refractivity contribution < 1.29 is 9.47 Å². The van der Waals surface area contributed by atoms with Gasteiger partial charge in [0.25, 0.3) is 0 Å². The van der Waals surface area contributed by atoms with Gasteiger partial charge in [0.1, 0.15) is 0 Å². The van der Waals surface area contributed by atoms with Crippen LogP contribution < -0.4 is 14.8 Å². The number of rotatable bonds is 6. The van der Waals surface area contributed by atoms with Crippen LogP contribution in [0.3, 0.4) is 0 Å². The maximum absolute atomic E-state index is 6.70. The van der Waals surface area contributed by atoms with Gasteiger partial charge < -0.3 is 14.8 Å². The molecule has 3 nitrogen and oxygen atoms in total. The van der Waals surface area contributed by atoms with Gasteiger partial charge in [-0.1, -0.05) is 37.6 Å². The molecule has 0 aromatic heterocycles. The van der Waals surface area contributed by atoms with Crippen LogP contribution in [0.15, 0.2) is 35.2 Å².